The molecule has 122 valence electrons. The van der Waals surface area contributed by atoms with E-state index in [1.807, 2.05) is 18.5 Å². The van der Waals surface area contributed by atoms with Crippen LogP contribution in [0.2, 0.25) is 0 Å². The van der Waals surface area contributed by atoms with Crippen molar-refractivity contribution in [2.45, 2.75) is 25.0 Å². The van der Waals surface area contributed by atoms with Crippen LogP contribution in [0.3, 0.4) is 0 Å². The van der Waals surface area contributed by atoms with Crippen LogP contribution in [-0.4, -0.2) is 63.2 Å². The molecule has 0 saturated carbocycles. The average molecular weight is 314 g/mol. The quantitative estimate of drug-likeness (QED) is 0.914. The number of likely N-dealkylation sites (tertiary alicyclic amines) is 1. The monoisotopic (exact) mass is 314 g/mol. The van der Waals surface area contributed by atoms with Crippen molar-refractivity contribution in [2.24, 2.45) is 0 Å². The molecule has 0 unspecified atom stereocenters. The smallest absolute Gasteiger partial charge is 0.225 e. The van der Waals surface area contributed by atoms with Crippen LogP contribution >= 0.6 is 0 Å². The molecule has 0 aromatic carbocycles. The van der Waals surface area contributed by atoms with Crippen LogP contribution in [0, 0.1) is 0 Å². The highest BCUT2D eigenvalue weighted by Gasteiger charge is 2.40. The zero-order chi connectivity index (χ0) is 15.5. The summed E-state index contributed by atoms with van der Waals surface area (Å²) < 4.78 is 6.19. The maximum Gasteiger partial charge on any atom is 0.225 e. The molecule has 2 aliphatic rings. The van der Waals surface area contributed by atoms with E-state index in [9.17, 15) is 0 Å². The second-order valence-electron chi connectivity index (χ2n) is 6.31. The van der Waals surface area contributed by atoms with Gasteiger partial charge in [-0.25, -0.2) is 15.0 Å². The van der Waals surface area contributed by atoms with E-state index >= 15 is 0 Å². The summed E-state index contributed by atoms with van der Waals surface area (Å²) in [5, 5.41) is 0. The van der Waals surface area contributed by atoms with Gasteiger partial charge >= 0.3 is 0 Å². The molecule has 4 rings (SSSR count). The van der Waals surface area contributed by atoms with E-state index in [0.29, 0.717) is 0 Å². The summed E-state index contributed by atoms with van der Waals surface area (Å²) in [6.45, 7) is 5.44. The zero-order valence-corrected chi connectivity index (χ0v) is 13.2. The second kappa shape index (κ2) is 6.25. The molecule has 0 aliphatic carbocycles. The Bertz CT molecular complexity index is 609. The SMILES string of the molecule is c1cnc(N2CCOC3(CCN(Cc4ncc[nH]4)CC3)C2)nc1. The van der Waals surface area contributed by atoms with Crippen molar-refractivity contribution >= 4 is 5.95 Å². The van der Waals surface area contributed by atoms with Crippen LogP contribution in [0.5, 0.6) is 0 Å². The predicted molar refractivity (Wildman–Crippen MR) is 86.0 cm³/mol. The van der Waals surface area contributed by atoms with Crippen LogP contribution in [0.4, 0.5) is 5.95 Å². The topological polar surface area (TPSA) is 70.2 Å². The Hall–Kier alpha value is -1.99. The Morgan fingerprint density at radius 1 is 1.09 bits per heavy atom. The maximum absolute atomic E-state index is 6.19. The third kappa shape index (κ3) is 3.20. The molecule has 0 atom stereocenters. The van der Waals surface area contributed by atoms with Gasteiger partial charge in [0.05, 0.1) is 25.3 Å². The fraction of sp³-hybridized carbons (Fsp3) is 0.562. The van der Waals surface area contributed by atoms with Crippen molar-refractivity contribution < 1.29 is 4.74 Å². The number of anilines is 1. The van der Waals surface area contributed by atoms with E-state index in [1.165, 1.54) is 0 Å². The maximum atomic E-state index is 6.19. The van der Waals surface area contributed by atoms with Gasteiger partial charge in [-0.3, -0.25) is 4.90 Å². The number of aromatic amines is 1. The Morgan fingerprint density at radius 3 is 2.65 bits per heavy atom. The van der Waals surface area contributed by atoms with E-state index in [4.69, 9.17) is 4.74 Å². The van der Waals surface area contributed by atoms with Crippen molar-refractivity contribution in [3.05, 3.63) is 36.7 Å². The number of rotatable bonds is 3. The molecule has 0 amide bonds. The fourth-order valence-electron chi connectivity index (χ4n) is 3.49. The first-order valence-electron chi connectivity index (χ1n) is 8.20. The molecule has 2 aliphatic heterocycles. The van der Waals surface area contributed by atoms with Gasteiger partial charge in [0.2, 0.25) is 5.95 Å². The van der Waals surface area contributed by atoms with Gasteiger partial charge in [0, 0.05) is 44.4 Å². The van der Waals surface area contributed by atoms with Gasteiger partial charge in [0.15, 0.2) is 0 Å². The van der Waals surface area contributed by atoms with E-state index in [-0.39, 0.29) is 5.60 Å². The van der Waals surface area contributed by atoms with E-state index in [0.717, 1.165) is 63.9 Å². The van der Waals surface area contributed by atoms with Gasteiger partial charge in [0.1, 0.15) is 5.82 Å². The van der Waals surface area contributed by atoms with E-state index < -0.39 is 0 Å². The molecule has 2 fully saturated rings. The number of H-pyrrole nitrogens is 1. The molecule has 7 nitrogen and oxygen atoms in total. The fourth-order valence-corrected chi connectivity index (χ4v) is 3.49. The summed E-state index contributed by atoms with van der Waals surface area (Å²) in [5.41, 5.74) is -0.0584. The minimum atomic E-state index is -0.0584. The van der Waals surface area contributed by atoms with Crippen molar-refractivity contribution in [1.29, 1.82) is 0 Å². The summed E-state index contributed by atoms with van der Waals surface area (Å²) >= 11 is 0. The molecule has 2 aromatic heterocycles. The lowest BCUT2D eigenvalue weighted by atomic mass is 9.89. The molecule has 0 radical (unpaired) electrons. The van der Waals surface area contributed by atoms with Gasteiger partial charge in [0.25, 0.3) is 0 Å². The minimum absolute atomic E-state index is 0.0584. The molecule has 1 spiro atoms. The standard InChI is InChI=1S/C16H22N6O/c1-4-19-15(20-5-1)22-10-11-23-16(13-22)2-8-21(9-3-16)12-14-17-6-7-18-14/h1,4-7H,2-3,8-13H2,(H,17,18). The van der Waals surface area contributed by atoms with Crippen LogP contribution in [0.1, 0.15) is 18.7 Å². The Balaban J connectivity index is 1.38. The third-order valence-electron chi connectivity index (χ3n) is 4.78. The van der Waals surface area contributed by atoms with Gasteiger partial charge in [-0.1, -0.05) is 0 Å². The van der Waals surface area contributed by atoms with Gasteiger partial charge in [-0.2, -0.15) is 0 Å². The summed E-state index contributed by atoms with van der Waals surface area (Å²) in [6, 6.07) is 1.85. The highest BCUT2D eigenvalue weighted by Crippen LogP contribution is 2.31. The number of nitrogens with one attached hydrogen (secondary N) is 1. The molecule has 2 aromatic rings. The summed E-state index contributed by atoms with van der Waals surface area (Å²) in [6.07, 6.45) is 9.37. The van der Waals surface area contributed by atoms with Gasteiger partial charge in [-0.05, 0) is 18.9 Å². The van der Waals surface area contributed by atoms with Crippen molar-refractivity contribution in [1.82, 2.24) is 24.8 Å². The van der Waals surface area contributed by atoms with Crippen LogP contribution in [-0.2, 0) is 11.3 Å². The van der Waals surface area contributed by atoms with Crippen molar-refractivity contribution in [3.8, 4) is 0 Å². The average Bonchev–Trinajstić information content (AvgIpc) is 3.11. The lowest BCUT2D eigenvalue weighted by molar-refractivity contribution is -0.0926. The molecule has 0 bridgehead atoms. The van der Waals surface area contributed by atoms with Crippen LogP contribution in [0.25, 0.3) is 0 Å². The van der Waals surface area contributed by atoms with E-state index in [1.54, 1.807) is 12.4 Å². The normalized spacial score (nSPS) is 21.7. The first-order chi connectivity index (χ1) is 11.3. The molecule has 4 heterocycles. The number of nitrogens with zero attached hydrogens (tertiary/aromatic N) is 5. The summed E-state index contributed by atoms with van der Waals surface area (Å²) in [7, 11) is 0. The van der Waals surface area contributed by atoms with Crippen molar-refractivity contribution in [2.75, 3.05) is 37.7 Å². The number of morpholine rings is 1. The Kier molecular flexibility index (Phi) is 3.97. The number of aromatic nitrogens is 4. The molecular weight excluding hydrogens is 292 g/mol. The molecule has 2 saturated heterocycles. The second-order valence-corrected chi connectivity index (χ2v) is 6.31. The number of imidazole rings is 1. The number of ether oxygens (including phenoxy) is 1. The molecular formula is C16H22N6O. The lowest BCUT2D eigenvalue weighted by Gasteiger charge is -2.47. The summed E-state index contributed by atoms with van der Waals surface area (Å²) in [4.78, 5) is 20.9. The number of piperidine rings is 1. The van der Waals surface area contributed by atoms with Crippen LogP contribution < -0.4 is 4.90 Å². The van der Waals surface area contributed by atoms with Crippen LogP contribution in [0.15, 0.2) is 30.9 Å². The zero-order valence-electron chi connectivity index (χ0n) is 13.2. The van der Waals surface area contributed by atoms with Gasteiger partial charge < -0.3 is 14.6 Å². The highest BCUT2D eigenvalue weighted by atomic mass is 16.5. The van der Waals surface area contributed by atoms with Gasteiger partial charge in [-0.15, -0.1) is 0 Å². The predicted octanol–water partition coefficient (Wildman–Crippen LogP) is 1.07. The first-order valence-corrected chi connectivity index (χ1v) is 8.20. The minimum Gasteiger partial charge on any atom is -0.371 e. The molecule has 7 heteroatoms. The van der Waals surface area contributed by atoms with Crippen molar-refractivity contribution in [3.63, 3.8) is 0 Å². The Morgan fingerprint density at radius 2 is 1.91 bits per heavy atom. The summed E-state index contributed by atoms with van der Waals surface area (Å²) in [5.74, 6) is 1.85. The molecule has 23 heavy (non-hydrogen) atoms. The molecule has 1 N–H and O–H groups in total. The number of hydrogen-bond donors (Lipinski definition) is 1. The van der Waals surface area contributed by atoms with E-state index in [2.05, 4.69) is 29.7 Å². The third-order valence-corrected chi connectivity index (χ3v) is 4.78. The largest absolute Gasteiger partial charge is 0.371 e. The number of hydrogen-bond acceptors (Lipinski definition) is 6. The Labute approximate surface area is 135 Å². The lowest BCUT2D eigenvalue weighted by Crippen LogP contribution is -2.57. The highest BCUT2D eigenvalue weighted by molar-refractivity contribution is 5.30. The first kappa shape index (κ1) is 14.6.